The van der Waals surface area contributed by atoms with Crippen LogP contribution >= 0.6 is 36.4 Å². The van der Waals surface area contributed by atoms with Crippen LogP contribution in [0.3, 0.4) is 0 Å². The summed E-state index contributed by atoms with van der Waals surface area (Å²) in [5.74, 6) is -0.262. The van der Waals surface area contributed by atoms with Gasteiger partial charge in [-0.2, -0.15) is 13.2 Å². The van der Waals surface area contributed by atoms with Crippen molar-refractivity contribution in [2.45, 2.75) is 18.6 Å². The topological polar surface area (TPSA) is 35.5 Å². The molecule has 0 amide bonds. The molecule has 1 heterocycles. The maximum Gasteiger partial charge on any atom is 0.390 e. The van der Waals surface area contributed by atoms with Crippen LogP contribution in [-0.4, -0.2) is 42.4 Å². The third-order valence-electron chi connectivity index (χ3n) is 3.39. The summed E-state index contributed by atoms with van der Waals surface area (Å²) >= 11 is 5.81. The highest BCUT2D eigenvalue weighted by Gasteiger charge is 2.37. The second kappa shape index (κ2) is 9.03. The fourth-order valence-electron chi connectivity index (χ4n) is 2.45. The fraction of sp³-hybridized carbons (Fsp3) is 0.538. The lowest BCUT2D eigenvalue weighted by atomic mass is 9.99. The molecule has 1 aliphatic rings. The Balaban J connectivity index is 0.00000220. The Morgan fingerprint density at radius 3 is 2.36 bits per heavy atom. The SMILES string of the molecule is Cl.Cl.Oc1c(Cl)cccc1[C@@H](CC(F)(F)F)N1CCNCC1. The summed E-state index contributed by atoms with van der Waals surface area (Å²) in [6, 6.07) is 3.61. The summed E-state index contributed by atoms with van der Waals surface area (Å²) in [6.45, 7) is 2.28. The van der Waals surface area contributed by atoms with Gasteiger partial charge in [-0.15, -0.1) is 24.8 Å². The number of piperazine rings is 1. The van der Waals surface area contributed by atoms with Crippen LogP contribution < -0.4 is 5.32 Å². The lowest BCUT2D eigenvalue weighted by molar-refractivity contribution is -0.148. The molecule has 0 aliphatic carbocycles. The number of rotatable bonds is 3. The highest BCUT2D eigenvalue weighted by molar-refractivity contribution is 6.32. The van der Waals surface area contributed by atoms with Crippen LogP contribution in [0.25, 0.3) is 0 Å². The van der Waals surface area contributed by atoms with E-state index in [-0.39, 0.29) is 41.1 Å². The van der Waals surface area contributed by atoms with Crippen LogP contribution in [0.2, 0.25) is 5.02 Å². The van der Waals surface area contributed by atoms with E-state index in [1.807, 2.05) is 0 Å². The molecular weight excluding hydrogens is 364 g/mol. The molecule has 0 aromatic heterocycles. The smallest absolute Gasteiger partial charge is 0.390 e. The molecule has 0 bridgehead atoms. The van der Waals surface area contributed by atoms with Crippen molar-refractivity contribution in [3.63, 3.8) is 0 Å². The lowest BCUT2D eigenvalue weighted by Gasteiger charge is -2.36. The van der Waals surface area contributed by atoms with Gasteiger partial charge in [-0.25, -0.2) is 0 Å². The van der Waals surface area contributed by atoms with Gasteiger partial charge in [-0.3, -0.25) is 4.90 Å². The molecule has 1 fully saturated rings. The summed E-state index contributed by atoms with van der Waals surface area (Å²) in [5, 5.41) is 13.1. The summed E-state index contributed by atoms with van der Waals surface area (Å²) in [6.07, 6.45) is -5.30. The summed E-state index contributed by atoms with van der Waals surface area (Å²) in [7, 11) is 0. The number of para-hydroxylation sites is 1. The second-order valence-corrected chi connectivity index (χ2v) is 5.21. The first-order chi connectivity index (χ1) is 9.38. The predicted octanol–water partition coefficient (Wildman–Crippen LogP) is 3.79. The van der Waals surface area contributed by atoms with Gasteiger partial charge < -0.3 is 10.4 Å². The van der Waals surface area contributed by atoms with Crippen molar-refractivity contribution < 1.29 is 18.3 Å². The molecule has 1 aliphatic heterocycles. The van der Waals surface area contributed by atoms with E-state index in [4.69, 9.17) is 11.6 Å². The van der Waals surface area contributed by atoms with E-state index in [0.29, 0.717) is 26.2 Å². The van der Waals surface area contributed by atoms with Gasteiger partial charge in [0.2, 0.25) is 0 Å². The van der Waals surface area contributed by atoms with Gasteiger partial charge in [0.05, 0.1) is 11.4 Å². The van der Waals surface area contributed by atoms with E-state index in [1.165, 1.54) is 12.1 Å². The van der Waals surface area contributed by atoms with E-state index in [0.717, 1.165) is 0 Å². The van der Waals surface area contributed by atoms with Crippen molar-refractivity contribution in [1.29, 1.82) is 0 Å². The van der Waals surface area contributed by atoms with Crippen LogP contribution in [0.1, 0.15) is 18.0 Å². The Labute approximate surface area is 144 Å². The molecule has 0 radical (unpaired) electrons. The molecule has 9 heteroatoms. The zero-order valence-electron chi connectivity index (χ0n) is 11.6. The molecule has 1 aromatic rings. The highest BCUT2D eigenvalue weighted by atomic mass is 35.5. The largest absolute Gasteiger partial charge is 0.506 e. The van der Waals surface area contributed by atoms with Gasteiger partial charge in [0.1, 0.15) is 5.75 Å². The van der Waals surface area contributed by atoms with E-state index < -0.39 is 18.6 Å². The number of aromatic hydroxyl groups is 1. The van der Waals surface area contributed by atoms with Crippen LogP contribution in [0.5, 0.6) is 5.75 Å². The Morgan fingerprint density at radius 2 is 1.82 bits per heavy atom. The van der Waals surface area contributed by atoms with Crippen molar-refractivity contribution in [1.82, 2.24) is 10.2 Å². The second-order valence-electron chi connectivity index (χ2n) is 4.80. The van der Waals surface area contributed by atoms with E-state index >= 15 is 0 Å². The number of phenolic OH excluding ortho intramolecular Hbond substituents is 1. The monoisotopic (exact) mass is 380 g/mol. The molecule has 2 rings (SSSR count). The Kier molecular flexibility index (Phi) is 8.87. The highest BCUT2D eigenvalue weighted by Crippen LogP contribution is 2.40. The Bertz CT molecular complexity index is 468. The van der Waals surface area contributed by atoms with Gasteiger partial charge in [0, 0.05) is 37.8 Å². The minimum atomic E-state index is -4.30. The van der Waals surface area contributed by atoms with Crippen molar-refractivity contribution in [3.8, 4) is 5.75 Å². The molecule has 0 unspecified atom stereocenters. The van der Waals surface area contributed by atoms with Gasteiger partial charge >= 0.3 is 6.18 Å². The first-order valence-corrected chi connectivity index (χ1v) is 6.75. The molecule has 2 N–H and O–H groups in total. The number of phenols is 1. The normalized spacial score (nSPS) is 17.3. The molecule has 0 spiro atoms. The lowest BCUT2D eigenvalue weighted by Crippen LogP contribution is -2.46. The Hall–Kier alpha value is -0.400. The first kappa shape index (κ1) is 21.6. The average Bonchev–Trinajstić information content (AvgIpc) is 2.40. The summed E-state index contributed by atoms with van der Waals surface area (Å²) < 4.78 is 38.5. The van der Waals surface area contributed by atoms with Crippen molar-refractivity contribution >= 4 is 36.4 Å². The average molecular weight is 382 g/mol. The quantitative estimate of drug-likeness (QED) is 0.836. The number of hydrogen-bond acceptors (Lipinski definition) is 3. The predicted molar refractivity (Wildman–Crippen MR) is 85.5 cm³/mol. The number of halogens is 6. The zero-order valence-corrected chi connectivity index (χ0v) is 14.0. The van der Waals surface area contributed by atoms with Gasteiger partial charge in [0.25, 0.3) is 0 Å². The molecule has 1 aromatic carbocycles. The van der Waals surface area contributed by atoms with Crippen LogP contribution in [0.4, 0.5) is 13.2 Å². The molecular formula is C13H18Cl3F3N2O. The van der Waals surface area contributed by atoms with Crippen LogP contribution in [0.15, 0.2) is 18.2 Å². The molecule has 22 heavy (non-hydrogen) atoms. The van der Waals surface area contributed by atoms with E-state index in [9.17, 15) is 18.3 Å². The number of nitrogens with one attached hydrogen (secondary N) is 1. The minimum absolute atomic E-state index is 0. The van der Waals surface area contributed by atoms with E-state index in [1.54, 1.807) is 11.0 Å². The standard InChI is InChI=1S/C13H16ClF3N2O.2ClH/c14-10-3-1-2-9(12(10)20)11(8-13(15,16)17)19-6-4-18-5-7-19;;/h1-3,11,18,20H,4-8H2;2*1H/t11-;;/m1../s1. The summed E-state index contributed by atoms with van der Waals surface area (Å²) in [4.78, 5) is 1.73. The number of alkyl halides is 3. The van der Waals surface area contributed by atoms with Crippen LogP contribution in [-0.2, 0) is 0 Å². The van der Waals surface area contributed by atoms with Gasteiger partial charge in [-0.1, -0.05) is 23.7 Å². The minimum Gasteiger partial charge on any atom is -0.506 e. The third kappa shape index (κ3) is 5.66. The van der Waals surface area contributed by atoms with Gasteiger partial charge in [-0.05, 0) is 6.07 Å². The van der Waals surface area contributed by atoms with Gasteiger partial charge in [0.15, 0.2) is 0 Å². The third-order valence-corrected chi connectivity index (χ3v) is 3.70. The molecule has 0 saturated carbocycles. The molecule has 1 saturated heterocycles. The summed E-state index contributed by atoms with van der Waals surface area (Å²) in [5.41, 5.74) is 0.233. The fourth-order valence-corrected chi connectivity index (χ4v) is 2.63. The number of benzene rings is 1. The van der Waals surface area contributed by atoms with E-state index in [2.05, 4.69) is 5.32 Å². The van der Waals surface area contributed by atoms with Crippen molar-refractivity contribution in [2.75, 3.05) is 26.2 Å². The van der Waals surface area contributed by atoms with Crippen molar-refractivity contribution in [2.24, 2.45) is 0 Å². The zero-order chi connectivity index (χ0) is 14.8. The van der Waals surface area contributed by atoms with Crippen LogP contribution in [0, 0.1) is 0 Å². The maximum absolute atomic E-state index is 12.8. The molecule has 128 valence electrons. The maximum atomic E-state index is 12.8. The number of nitrogens with zero attached hydrogens (tertiary/aromatic N) is 1. The Morgan fingerprint density at radius 1 is 1.23 bits per heavy atom. The van der Waals surface area contributed by atoms with Crippen molar-refractivity contribution in [3.05, 3.63) is 28.8 Å². The first-order valence-electron chi connectivity index (χ1n) is 6.37. The molecule has 3 nitrogen and oxygen atoms in total. The number of hydrogen-bond donors (Lipinski definition) is 2. The molecule has 1 atom stereocenters.